The monoisotopic (exact) mass is 445 g/mol. The van der Waals surface area contributed by atoms with Gasteiger partial charge in [-0.25, -0.2) is 14.9 Å². The van der Waals surface area contributed by atoms with E-state index in [1.807, 2.05) is 0 Å². The normalized spacial score (nSPS) is 11.5. The number of aryl methyl sites for hydroxylation is 1. The molecule has 0 saturated carbocycles. The predicted molar refractivity (Wildman–Crippen MR) is 106 cm³/mol. The Bertz CT molecular complexity index is 1010. The summed E-state index contributed by atoms with van der Waals surface area (Å²) in [7, 11) is 0. The number of aromatic nitrogens is 2. The first-order chi connectivity index (χ1) is 13.1. The summed E-state index contributed by atoms with van der Waals surface area (Å²) in [6, 6.07) is 10.4. The van der Waals surface area contributed by atoms with Gasteiger partial charge in [-0.15, -0.1) is 13.2 Å². The fourth-order valence-electron chi connectivity index (χ4n) is 2.64. The van der Waals surface area contributed by atoms with Crippen molar-refractivity contribution >= 4 is 46.3 Å². The molecular formula is C19H13Cl3F3N3. The van der Waals surface area contributed by atoms with E-state index in [-0.39, 0.29) is 22.8 Å². The molecule has 0 fully saturated rings. The number of nitrogens with zero attached hydrogens (tertiary/aromatic N) is 3. The lowest BCUT2D eigenvalue weighted by molar-refractivity contribution is -0.121. The minimum Gasteiger partial charge on any atom is -0.241 e. The van der Waals surface area contributed by atoms with Crippen LogP contribution in [0.3, 0.4) is 0 Å². The molecule has 0 atom stereocenters. The van der Waals surface area contributed by atoms with E-state index in [0.717, 1.165) is 11.9 Å². The van der Waals surface area contributed by atoms with Crippen LogP contribution in [0.15, 0.2) is 48.8 Å². The van der Waals surface area contributed by atoms with E-state index in [4.69, 9.17) is 34.8 Å². The molecule has 0 bridgehead atoms. The molecule has 3 aromatic rings. The fraction of sp³-hybridized carbons (Fsp3) is 0.158. The molecule has 0 amide bonds. The maximum atomic E-state index is 13.8. The third-order valence-electron chi connectivity index (χ3n) is 3.96. The summed E-state index contributed by atoms with van der Waals surface area (Å²) < 4.78 is 41.3. The van der Waals surface area contributed by atoms with Crippen molar-refractivity contribution in [3.8, 4) is 0 Å². The van der Waals surface area contributed by atoms with Crippen molar-refractivity contribution in [3.05, 3.63) is 80.7 Å². The van der Waals surface area contributed by atoms with Crippen molar-refractivity contribution in [2.45, 2.75) is 19.6 Å². The van der Waals surface area contributed by atoms with E-state index >= 15 is 0 Å². The van der Waals surface area contributed by atoms with Crippen LogP contribution in [0, 0.1) is 6.92 Å². The van der Waals surface area contributed by atoms with Crippen molar-refractivity contribution in [3.63, 3.8) is 0 Å². The molecule has 3 rings (SSSR count). The Kier molecular flexibility index (Phi) is 6.03. The van der Waals surface area contributed by atoms with Crippen molar-refractivity contribution in [2.24, 2.45) is 0 Å². The third-order valence-corrected chi connectivity index (χ3v) is 5.12. The van der Waals surface area contributed by atoms with Crippen LogP contribution in [-0.4, -0.2) is 16.3 Å². The van der Waals surface area contributed by atoms with Crippen molar-refractivity contribution < 1.29 is 13.2 Å². The van der Waals surface area contributed by atoms with Gasteiger partial charge in [-0.3, -0.25) is 0 Å². The number of halogens is 6. The molecule has 1 aromatic heterocycles. The smallest absolute Gasteiger partial charge is 0.241 e. The summed E-state index contributed by atoms with van der Waals surface area (Å²) in [6.45, 7) is 1.63. The molecule has 0 radical (unpaired) electrons. The van der Waals surface area contributed by atoms with E-state index in [0.29, 0.717) is 26.3 Å². The molecule has 3 nitrogen and oxygen atoms in total. The molecule has 0 N–H and O–H groups in total. The van der Waals surface area contributed by atoms with Gasteiger partial charge in [-0.1, -0.05) is 40.9 Å². The number of rotatable bonds is 4. The Hall–Kier alpha value is -2.02. The van der Waals surface area contributed by atoms with Gasteiger partial charge in [0.1, 0.15) is 12.1 Å². The van der Waals surface area contributed by atoms with E-state index < -0.39 is 6.30 Å². The highest BCUT2D eigenvalue weighted by molar-refractivity contribution is 6.42. The minimum absolute atomic E-state index is 0.0893. The molecule has 146 valence electrons. The first-order valence-corrected chi connectivity index (χ1v) is 9.16. The first-order valence-electron chi connectivity index (χ1n) is 8.03. The second-order valence-electron chi connectivity index (χ2n) is 6.03. The second-order valence-corrected chi connectivity index (χ2v) is 7.25. The third kappa shape index (κ3) is 4.69. The zero-order valence-electron chi connectivity index (χ0n) is 14.4. The van der Waals surface area contributed by atoms with Gasteiger partial charge in [0.05, 0.1) is 21.4 Å². The van der Waals surface area contributed by atoms with Gasteiger partial charge in [0, 0.05) is 17.5 Å². The molecule has 9 heteroatoms. The number of benzene rings is 2. The van der Waals surface area contributed by atoms with E-state index in [1.54, 1.807) is 25.1 Å². The number of anilines is 2. The van der Waals surface area contributed by atoms with Crippen molar-refractivity contribution in [1.29, 1.82) is 0 Å². The number of alkyl halides is 3. The van der Waals surface area contributed by atoms with Gasteiger partial charge in [0.2, 0.25) is 0 Å². The van der Waals surface area contributed by atoms with Crippen LogP contribution >= 0.6 is 34.8 Å². The molecule has 0 aliphatic heterocycles. The highest BCUT2D eigenvalue weighted by Crippen LogP contribution is 2.37. The molecule has 2 aromatic carbocycles. The van der Waals surface area contributed by atoms with Gasteiger partial charge < -0.3 is 0 Å². The quantitative estimate of drug-likeness (QED) is 0.404. The Morgan fingerprint density at radius 3 is 2.25 bits per heavy atom. The Morgan fingerprint density at radius 2 is 1.61 bits per heavy atom. The minimum atomic E-state index is -4.69. The summed E-state index contributed by atoms with van der Waals surface area (Å²) in [6.07, 6.45) is -3.31. The summed E-state index contributed by atoms with van der Waals surface area (Å²) >= 11 is 17.8. The SMILES string of the molecule is Cc1cc(N(c2cc(Cc3ccc(Cl)c(Cl)c3)ncn2)C(F)(F)F)ccc1Cl. The fourth-order valence-corrected chi connectivity index (χ4v) is 3.08. The summed E-state index contributed by atoms with van der Waals surface area (Å²) in [5, 5.41) is 1.14. The molecule has 0 spiro atoms. The molecule has 1 heterocycles. The highest BCUT2D eigenvalue weighted by atomic mass is 35.5. The van der Waals surface area contributed by atoms with Crippen LogP contribution in [0.1, 0.15) is 16.8 Å². The molecule has 0 saturated heterocycles. The lowest BCUT2D eigenvalue weighted by Crippen LogP contribution is -2.34. The van der Waals surface area contributed by atoms with Crippen LogP contribution in [0.4, 0.5) is 24.7 Å². The standard InChI is InChI=1S/C19H13Cl3F3N3/c1-11-6-14(3-5-15(11)20)28(19(23,24)25)18-9-13(26-10-27-18)7-12-2-4-16(21)17(22)8-12/h2-6,8-10H,7H2,1H3. The lowest BCUT2D eigenvalue weighted by Gasteiger charge is -2.26. The number of hydrogen-bond donors (Lipinski definition) is 0. The summed E-state index contributed by atoms with van der Waals surface area (Å²) in [5.41, 5.74) is 1.61. The lowest BCUT2D eigenvalue weighted by atomic mass is 10.1. The predicted octanol–water partition coefficient (Wildman–Crippen LogP) is 6.99. The second kappa shape index (κ2) is 8.15. The largest absolute Gasteiger partial charge is 0.490 e. The van der Waals surface area contributed by atoms with Crippen molar-refractivity contribution in [1.82, 2.24) is 9.97 Å². The van der Waals surface area contributed by atoms with Crippen LogP contribution in [0.25, 0.3) is 0 Å². The Morgan fingerprint density at radius 1 is 0.893 bits per heavy atom. The molecule has 28 heavy (non-hydrogen) atoms. The van der Waals surface area contributed by atoms with Gasteiger partial charge in [0.25, 0.3) is 0 Å². The highest BCUT2D eigenvalue weighted by Gasteiger charge is 2.40. The molecule has 0 unspecified atom stereocenters. The summed E-state index contributed by atoms with van der Waals surface area (Å²) in [4.78, 5) is 8.09. The zero-order valence-corrected chi connectivity index (χ0v) is 16.7. The molecule has 0 aliphatic rings. The number of hydrogen-bond acceptors (Lipinski definition) is 3. The maximum Gasteiger partial charge on any atom is 0.490 e. The van der Waals surface area contributed by atoms with Crippen LogP contribution in [0.2, 0.25) is 15.1 Å². The van der Waals surface area contributed by atoms with Gasteiger partial charge >= 0.3 is 6.30 Å². The van der Waals surface area contributed by atoms with Gasteiger partial charge in [-0.05, 0) is 48.4 Å². The Balaban J connectivity index is 1.98. The molecular weight excluding hydrogens is 434 g/mol. The Labute approximate surface area is 174 Å². The van der Waals surface area contributed by atoms with Gasteiger partial charge in [-0.2, -0.15) is 0 Å². The van der Waals surface area contributed by atoms with Gasteiger partial charge in [0.15, 0.2) is 0 Å². The first kappa shape index (κ1) is 20.7. The van der Waals surface area contributed by atoms with E-state index in [2.05, 4.69) is 9.97 Å². The van der Waals surface area contributed by atoms with Crippen LogP contribution in [-0.2, 0) is 6.42 Å². The summed E-state index contributed by atoms with van der Waals surface area (Å²) in [5.74, 6) is -0.292. The van der Waals surface area contributed by atoms with E-state index in [1.165, 1.54) is 24.3 Å². The average Bonchev–Trinajstić information content (AvgIpc) is 2.61. The van der Waals surface area contributed by atoms with Crippen LogP contribution in [0.5, 0.6) is 0 Å². The van der Waals surface area contributed by atoms with Crippen LogP contribution < -0.4 is 4.90 Å². The topological polar surface area (TPSA) is 29.0 Å². The zero-order chi connectivity index (χ0) is 20.5. The molecule has 0 aliphatic carbocycles. The average molecular weight is 447 g/mol. The van der Waals surface area contributed by atoms with E-state index in [9.17, 15) is 13.2 Å². The maximum absolute atomic E-state index is 13.8. The van der Waals surface area contributed by atoms with Crippen molar-refractivity contribution in [2.75, 3.05) is 4.90 Å².